The molecule has 1 aliphatic heterocycles. The third-order valence-electron chi connectivity index (χ3n) is 4.23. The molecule has 4 nitrogen and oxygen atoms in total. The lowest BCUT2D eigenvalue weighted by atomic mass is 9.94. The van der Waals surface area contributed by atoms with Gasteiger partial charge < -0.3 is 16.0 Å². The van der Waals surface area contributed by atoms with E-state index in [1.54, 1.807) is 0 Å². The molecular weight excluding hydrogens is 330 g/mol. The van der Waals surface area contributed by atoms with Crippen LogP contribution in [0.4, 0.5) is 5.69 Å². The first kappa shape index (κ1) is 17.2. The van der Waals surface area contributed by atoms with Crippen molar-refractivity contribution >= 4 is 28.9 Å². The summed E-state index contributed by atoms with van der Waals surface area (Å²) >= 11 is 5.28. The second-order valence-corrected chi connectivity index (χ2v) is 6.71. The van der Waals surface area contributed by atoms with Crippen LogP contribution in [0.2, 0.25) is 0 Å². The Morgan fingerprint density at radius 1 is 0.960 bits per heavy atom. The Balaban J connectivity index is 1.92. The Morgan fingerprint density at radius 3 is 2.12 bits per heavy atom. The smallest absolute Gasteiger partial charge is 0.255 e. The van der Waals surface area contributed by atoms with Gasteiger partial charge in [-0.25, -0.2) is 0 Å². The Labute approximate surface area is 153 Å². The summed E-state index contributed by atoms with van der Waals surface area (Å²) in [6, 6.07) is 15.6. The van der Waals surface area contributed by atoms with Crippen molar-refractivity contribution in [3.05, 3.63) is 76.5 Å². The molecule has 0 aliphatic carbocycles. The van der Waals surface area contributed by atoms with Gasteiger partial charge in [-0.3, -0.25) is 4.79 Å². The number of hydrogen-bond acceptors (Lipinski definition) is 2. The number of nitrogens with one attached hydrogen (secondary N) is 3. The molecule has 1 atom stereocenters. The van der Waals surface area contributed by atoms with Crippen molar-refractivity contribution in [3.8, 4) is 0 Å². The van der Waals surface area contributed by atoms with Gasteiger partial charge in [0.1, 0.15) is 0 Å². The summed E-state index contributed by atoms with van der Waals surface area (Å²) in [6.07, 6.45) is 0. The molecular formula is C20H21N3OS. The first-order chi connectivity index (χ1) is 11.9. The summed E-state index contributed by atoms with van der Waals surface area (Å²) in [7, 11) is 0. The van der Waals surface area contributed by atoms with Crippen molar-refractivity contribution in [3.63, 3.8) is 0 Å². The average Bonchev–Trinajstić information content (AvgIpc) is 2.57. The Bertz CT molecular complexity index is 838. The molecule has 2 aromatic rings. The van der Waals surface area contributed by atoms with E-state index in [1.165, 1.54) is 5.56 Å². The quantitative estimate of drug-likeness (QED) is 0.738. The number of amides is 1. The standard InChI is InChI=1S/C20H21N3OS/c1-12-4-8-15(9-5-12)18-17(14(3)21-20(25)23-18)19(24)22-16-10-6-13(2)7-11-16/h4-11,18H,1-3H3,(H,22,24)(H2,21,23,25)/t18-/m0/s1. The SMILES string of the molecule is CC1=C(C(=O)Nc2ccc(C)cc2)[C@H](c2ccc(C)cc2)NC(=S)N1. The minimum absolute atomic E-state index is 0.144. The highest BCUT2D eigenvalue weighted by atomic mass is 32.1. The van der Waals surface area contributed by atoms with Crippen LogP contribution in [-0.2, 0) is 4.79 Å². The third-order valence-corrected chi connectivity index (χ3v) is 4.45. The molecule has 0 aromatic heterocycles. The second-order valence-electron chi connectivity index (χ2n) is 6.30. The van der Waals surface area contributed by atoms with Crippen molar-refractivity contribution < 1.29 is 4.79 Å². The van der Waals surface area contributed by atoms with Crippen molar-refractivity contribution in [2.45, 2.75) is 26.8 Å². The molecule has 3 N–H and O–H groups in total. The van der Waals surface area contributed by atoms with Gasteiger partial charge >= 0.3 is 0 Å². The largest absolute Gasteiger partial charge is 0.351 e. The van der Waals surface area contributed by atoms with Gasteiger partial charge in [-0.05, 0) is 50.7 Å². The van der Waals surface area contributed by atoms with Crippen LogP contribution in [0.1, 0.15) is 29.7 Å². The molecule has 0 saturated heterocycles. The highest BCUT2D eigenvalue weighted by molar-refractivity contribution is 7.80. The molecule has 128 valence electrons. The molecule has 2 aromatic carbocycles. The Hall–Kier alpha value is -2.66. The summed E-state index contributed by atoms with van der Waals surface area (Å²) in [5.74, 6) is -0.144. The lowest BCUT2D eigenvalue weighted by Crippen LogP contribution is -2.45. The van der Waals surface area contributed by atoms with E-state index in [4.69, 9.17) is 12.2 Å². The average molecular weight is 351 g/mol. The second kappa shape index (κ2) is 7.07. The Kier molecular flexibility index (Phi) is 4.86. The highest BCUT2D eigenvalue weighted by Gasteiger charge is 2.29. The number of allylic oxidation sites excluding steroid dienone is 1. The predicted octanol–water partition coefficient (Wildman–Crippen LogP) is 3.73. The first-order valence-corrected chi connectivity index (χ1v) is 8.58. The topological polar surface area (TPSA) is 53.2 Å². The number of benzene rings is 2. The lowest BCUT2D eigenvalue weighted by molar-refractivity contribution is -0.113. The fourth-order valence-corrected chi connectivity index (χ4v) is 3.11. The molecule has 1 heterocycles. The van der Waals surface area contributed by atoms with E-state index in [2.05, 4.69) is 16.0 Å². The minimum Gasteiger partial charge on any atom is -0.351 e. The predicted molar refractivity (Wildman–Crippen MR) is 105 cm³/mol. The number of thiocarbonyl (C=S) groups is 1. The summed E-state index contributed by atoms with van der Waals surface area (Å²) in [6.45, 7) is 5.93. The molecule has 0 radical (unpaired) electrons. The number of carbonyl (C=O) groups is 1. The van der Waals surface area contributed by atoms with E-state index >= 15 is 0 Å². The molecule has 1 amide bonds. The van der Waals surface area contributed by atoms with Crippen LogP contribution in [0, 0.1) is 13.8 Å². The van der Waals surface area contributed by atoms with Crippen LogP contribution in [0.3, 0.4) is 0 Å². The zero-order valence-electron chi connectivity index (χ0n) is 14.5. The molecule has 3 rings (SSSR count). The summed E-state index contributed by atoms with van der Waals surface area (Å²) in [5.41, 5.74) is 5.50. The van der Waals surface area contributed by atoms with Crippen molar-refractivity contribution in [1.29, 1.82) is 0 Å². The van der Waals surface area contributed by atoms with Crippen LogP contribution in [-0.4, -0.2) is 11.0 Å². The van der Waals surface area contributed by atoms with Gasteiger partial charge in [0.15, 0.2) is 5.11 Å². The number of anilines is 1. The number of hydrogen-bond donors (Lipinski definition) is 3. The zero-order chi connectivity index (χ0) is 18.0. The van der Waals surface area contributed by atoms with E-state index in [-0.39, 0.29) is 11.9 Å². The fraction of sp³-hybridized carbons (Fsp3) is 0.200. The Morgan fingerprint density at radius 2 is 1.52 bits per heavy atom. The molecule has 1 aliphatic rings. The van der Waals surface area contributed by atoms with Gasteiger partial charge in [-0.2, -0.15) is 0 Å². The van der Waals surface area contributed by atoms with E-state index in [1.807, 2.05) is 69.3 Å². The summed E-state index contributed by atoms with van der Waals surface area (Å²) in [5, 5.41) is 9.76. The van der Waals surface area contributed by atoms with Crippen molar-refractivity contribution in [2.75, 3.05) is 5.32 Å². The minimum atomic E-state index is -0.278. The van der Waals surface area contributed by atoms with Crippen LogP contribution in [0.5, 0.6) is 0 Å². The number of carbonyl (C=O) groups excluding carboxylic acids is 1. The maximum absolute atomic E-state index is 12.9. The fourth-order valence-electron chi connectivity index (χ4n) is 2.84. The van der Waals surface area contributed by atoms with Gasteiger partial charge in [0, 0.05) is 11.4 Å². The van der Waals surface area contributed by atoms with E-state index in [0.717, 1.165) is 22.5 Å². The van der Waals surface area contributed by atoms with Gasteiger partial charge in [0.2, 0.25) is 0 Å². The zero-order valence-corrected chi connectivity index (χ0v) is 15.3. The molecule has 0 unspecified atom stereocenters. The van der Waals surface area contributed by atoms with Crippen LogP contribution >= 0.6 is 12.2 Å². The summed E-state index contributed by atoms with van der Waals surface area (Å²) < 4.78 is 0. The van der Waals surface area contributed by atoms with Gasteiger partial charge in [0.05, 0.1) is 11.6 Å². The van der Waals surface area contributed by atoms with E-state index in [0.29, 0.717) is 10.7 Å². The molecule has 0 saturated carbocycles. The normalized spacial score (nSPS) is 16.9. The maximum atomic E-state index is 12.9. The molecule has 25 heavy (non-hydrogen) atoms. The number of aryl methyl sites for hydroxylation is 2. The lowest BCUT2D eigenvalue weighted by Gasteiger charge is -2.30. The molecule has 0 spiro atoms. The van der Waals surface area contributed by atoms with Crippen LogP contribution in [0.25, 0.3) is 0 Å². The summed E-state index contributed by atoms with van der Waals surface area (Å²) in [4.78, 5) is 12.9. The van der Waals surface area contributed by atoms with Crippen LogP contribution in [0.15, 0.2) is 59.8 Å². The third kappa shape index (κ3) is 3.88. The monoisotopic (exact) mass is 351 g/mol. The first-order valence-electron chi connectivity index (χ1n) is 8.17. The van der Waals surface area contributed by atoms with Crippen molar-refractivity contribution in [1.82, 2.24) is 10.6 Å². The molecule has 0 fully saturated rings. The molecule has 5 heteroatoms. The van der Waals surface area contributed by atoms with E-state index < -0.39 is 0 Å². The number of rotatable bonds is 3. The van der Waals surface area contributed by atoms with Crippen molar-refractivity contribution in [2.24, 2.45) is 0 Å². The molecule has 0 bridgehead atoms. The highest BCUT2D eigenvalue weighted by Crippen LogP contribution is 2.28. The maximum Gasteiger partial charge on any atom is 0.255 e. The van der Waals surface area contributed by atoms with Gasteiger partial charge in [-0.1, -0.05) is 47.5 Å². The van der Waals surface area contributed by atoms with Gasteiger partial charge in [-0.15, -0.1) is 0 Å². The van der Waals surface area contributed by atoms with Gasteiger partial charge in [0.25, 0.3) is 5.91 Å². The van der Waals surface area contributed by atoms with Crippen LogP contribution < -0.4 is 16.0 Å². The van der Waals surface area contributed by atoms with E-state index in [9.17, 15) is 4.79 Å².